The fourth-order valence-corrected chi connectivity index (χ4v) is 1.95. The van der Waals surface area contributed by atoms with Crippen molar-refractivity contribution >= 4 is 10.8 Å². The van der Waals surface area contributed by atoms with Crippen molar-refractivity contribution in [3.63, 3.8) is 0 Å². The molecule has 15 heavy (non-hydrogen) atoms. The van der Waals surface area contributed by atoms with Gasteiger partial charge in [0.1, 0.15) is 0 Å². The molecule has 3 nitrogen and oxygen atoms in total. The SMILES string of the molecule is N#CC1(c2cncc3ccncc23)CC1. The minimum absolute atomic E-state index is 0.282. The summed E-state index contributed by atoms with van der Waals surface area (Å²) < 4.78 is 0. The number of pyridine rings is 2. The van der Waals surface area contributed by atoms with E-state index in [1.807, 2.05) is 18.5 Å². The molecule has 3 heteroatoms. The van der Waals surface area contributed by atoms with Crippen molar-refractivity contribution in [2.45, 2.75) is 18.3 Å². The first-order chi connectivity index (χ1) is 7.36. The maximum atomic E-state index is 9.17. The molecule has 0 bridgehead atoms. The van der Waals surface area contributed by atoms with Gasteiger partial charge < -0.3 is 0 Å². The summed E-state index contributed by atoms with van der Waals surface area (Å²) in [6.07, 6.45) is 9.08. The monoisotopic (exact) mass is 195 g/mol. The van der Waals surface area contributed by atoms with Crippen molar-refractivity contribution in [2.24, 2.45) is 0 Å². The lowest BCUT2D eigenvalue weighted by molar-refractivity contribution is 0.909. The quantitative estimate of drug-likeness (QED) is 0.700. The summed E-state index contributed by atoms with van der Waals surface area (Å²) in [5.41, 5.74) is 0.755. The van der Waals surface area contributed by atoms with Gasteiger partial charge in [-0.05, 0) is 18.9 Å². The second kappa shape index (κ2) is 2.77. The average molecular weight is 195 g/mol. The highest BCUT2D eigenvalue weighted by Gasteiger charge is 2.46. The Morgan fingerprint density at radius 2 is 2.07 bits per heavy atom. The smallest absolute Gasteiger partial charge is 0.0845 e. The Labute approximate surface area is 87.4 Å². The van der Waals surface area contributed by atoms with Crippen LogP contribution in [0.4, 0.5) is 0 Å². The molecule has 0 aromatic carbocycles. The minimum atomic E-state index is -0.282. The van der Waals surface area contributed by atoms with Crippen molar-refractivity contribution in [1.29, 1.82) is 5.26 Å². The van der Waals surface area contributed by atoms with Crippen molar-refractivity contribution < 1.29 is 0 Å². The summed E-state index contributed by atoms with van der Waals surface area (Å²) in [6.45, 7) is 0. The molecule has 0 spiro atoms. The third-order valence-corrected chi connectivity index (χ3v) is 3.04. The highest BCUT2D eigenvalue weighted by atomic mass is 14.7. The Morgan fingerprint density at radius 3 is 2.80 bits per heavy atom. The van der Waals surface area contributed by atoms with Crippen LogP contribution in [0.1, 0.15) is 18.4 Å². The molecule has 2 aromatic heterocycles. The van der Waals surface area contributed by atoms with Crippen LogP contribution < -0.4 is 0 Å². The Balaban J connectivity index is 2.33. The van der Waals surface area contributed by atoms with E-state index >= 15 is 0 Å². The summed E-state index contributed by atoms with van der Waals surface area (Å²) in [7, 11) is 0. The molecule has 0 N–H and O–H groups in total. The second-order valence-electron chi connectivity index (χ2n) is 3.98. The Morgan fingerprint density at radius 1 is 1.20 bits per heavy atom. The van der Waals surface area contributed by atoms with E-state index in [4.69, 9.17) is 0 Å². The summed E-state index contributed by atoms with van der Waals surface area (Å²) in [6, 6.07) is 4.32. The molecule has 3 rings (SSSR count). The van der Waals surface area contributed by atoms with Gasteiger partial charge in [-0.3, -0.25) is 9.97 Å². The molecule has 0 atom stereocenters. The van der Waals surface area contributed by atoms with Crippen LogP contribution in [-0.4, -0.2) is 9.97 Å². The molecular weight excluding hydrogens is 186 g/mol. The number of hydrogen-bond donors (Lipinski definition) is 0. The fourth-order valence-electron chi connectivity index (χ4n) is 1.95. The molecule has 2 heterocycles. The van der Waals surface area contributed by atoms with E-state index in [9.17, 15) is 5.26 Å². The zero-order valence-corrected chi connectivity index (χ0v) is 8.14. The zero-order valence-electron chi connectivity index (χ0n) is 8.14. The molecule has 0 unspecified atom stereocenters. The zero-order chi connectivity index (χ0) is 10.3. The van der Waals surface area contributed by atoms with E-state index in [1.165, 1.54) is 0 Å². The number of rotatable bonds is 1. The largest absolute Gasteiger partial charge is 0.264 e. The number of nitriles is 1. The molecule has 0 radical (unpaired) electrons. The van der Waals surface area contributed by atoms with Gasteiger partial charge in [-0.15, -0.1) is 0 Å². The Hall–Kier alpha value is -1.95. The third-order valence-electron chi connectivity index (χ3n) is 3.04. The first kappa shape index (κ1) is 8.37. The van der Waals surface area contributed by atoms with E-state index in [-0.39, 0.29) is 5.41 Å². The molecule has 0 aliphatic heterocycles. The standard InChI is InChI=1S/C12H9N3/c13-8-12(2-3-12)11-7-15-5-9-1-4-14-6-10(9)11/h1,4-7H,2-3H2. The number of aromatic nitrogens is 2. The molecule has 1 saturated carbocycles. The van der Waals surface area contributed by atoms with Crippen LogP contribution in [0.2, 0.25) is 0 Å². The normalized spacial score (nSPS) is 17.3. The lowest BCUT2D eigenvalue weighted by Gasteiger charge is -2.08. The summed E-state index contributed by atoms with van der Waals surface area (Å²) in [5, 5.41) is 11.3. The summed E-state index contributed by atoms with van der Waals surface area (Å²) in [4.78, 5) is 8.30. The first-order valence-corrected chi connectivity index (χ1v) is 4.95. The molecule has 1 fully saturated rings. The average Bonchev–Trinajstić information content (AvgIpc) is 3.09. The van der Waals surface area contributed by atoms with Crippen LogP contribution in [0.15, 0.2) is 30.9 Å². The molecule has 1 aliphatic rings. The van der Waals surface area contributed by atoms with E-state index < -0.39 is 0 Å². The van der Waals surface area contributed by atoms with Gasteiger partial charge in [0.15, 0.2) is 0 Å². The van der Waals surface area contributed by atoms with Crippen LogP contribution in [0.3, 0.4) is 0 Å². The van der Waals surface area contributed by atoms with Gasteiger partial charge in [0.2, 0.25) is 0 Å². The van der Waals surface area contributed by atoms with Gasteiger partial charge in [-0.25, -0.2) is 0 Å². The van der Waals surface area contributed by atoms with E-state index in [0.29, 0.717) is 0 Å². The number of nitrogens with zero attached hydrogens (tertiary/aromatic N) is 3. The molecular formula is C12H9N3. The van der Waals surface area contributed by atoms with Crippen LogP contribution in [0, 0.1) is 11.3 Å². The van der Waals surface area contributed by atoms with Gasteiger partial charge in [0.25, 0.3) is 0 Å². The first-order valence-electron chi connectivity index (χ1n) is 4.95. The van der Waals surface area contributed by atoms with Crippen molar-refractivity contribution in [3.8, 4) is 6.07 Å². The molecule has 0 amide bonds. The van der Waals surface area contributed by atoms with Crippen molar-refractivity contribution in [2.75, 3.05) is 0 Å². The summed E-state index contributed by atoms with van der Waals surface area (Å²) in [5.74, 6) is 0. The van der Waals surface area contributed by atoms with E-state index in [0.717, 1.165) is 29.2 Å². The highest BCUT2D eigenvalue weighted by molar-refractivity contribution is 5.85. The third kappa shape index (κ3) is 1.11. The maximum absolute atomic E-state index is 9.17. The Kier molecular flexibility index (Phi) is 1.54. The molecule has 2 aromatic rings. The molecule has 0 saturated heterocycles. The number of fused-ring (bicyclic) bond motifs is 1. The predicted octanol–water partition coefficient (Wildman–Crippen LogP) is 2.18. The predicted molar refractivity (Wildman–Crippen MR) is 56.1 cm³/mol. The fraction of sp³-hybridized carbons (Fsp3) is 0.250. The lowest BCUT2D eigenvalue weighted by atomic mass is 9.95. The van der Waals surface area contributed by atoms with Crippen LogP contribution in [-0.2, 0) is 5.41 Å². The number of hydrogen-bond acceptors (Lipinski definition) is 3. The van der Waals surface area contributed by atoms with Crippen molar-refractivity contribution in [1.82, 2.24) is 9.97 Å². The van der Waals surface area contributed by atoms with Gasteiger partial charge >= 0.3 is 0 Å². The minimum Gasteiger partial charge on any atom is -0.264 e. The molecule has 1 aliphatic carbocycles. The van der Waals surface area contributed by atoms with Crippen LogP contribution >= 0.6 is 0 Å². The van der Waals surface area contributed by atoms with Gasteiger partial charge in [-0.2, -0.15) is 5.26 Å². The van der Waals surface area contributed by atoms with Gasteiger partial charge in [-0.1, -0.05) is 0 Å². The van der Waals surface area contributed by atoms with E-state index in [1.54, 1.807) is 12.4 Å². The topological polar surface area (TPSA) is 49.6 Å². The van der Waals surface area contributed by atoms with Gasteiger partial charge in [0, 0.05) is 41.1 Å². The van der Waals surface area contributed by atoms with Crippen LogP contribution in [0.5, 0.6) is 0 Å². The molecule has 72 valence electrons. The lowest BCUT2D eigenvalue weighted by Crippen LogP contribution is -2.04. The van der Waals surface area contributed by atoms with Crippen LogP contribution in [0.25, 0.3) is 10.8 Å². The highest BCUT2D eigenvalue weighted by Crippen LogP contribution is 2.49. The maximum Gasteiger partial charge on any atom is 0.0845 e. The van der Waals surface area contributed by atoms with Crippen molar-refractivity contribution in [3.05, 3.63) is 36.4 Å². The summed E-state index contributed by atoms with van der Waals surface area (Å²) >= 11 is 0. The van der Waals surface area contributed by atoms with Gasteiger partial charge in [0.05, 0.1) is 11.5 Å². The second-order valence-corrected chi connectivity index (χ2v) is 3.98. The van der Waals surface area contributed by atoms with E-state index in [2.05, 4.69) is 16.0 Å². The Bertz CT molecular complexity index is 559.